The van der Waals surface area contributed by atoms with Gasteiger partial charge in [-0.1, -0.05) is 12.3 Å². The van der Waals surface area contributed by atoms with E-state index in [4.69, 9.17) is 14.2 Å². The van der Waals surface area contributed by atoms with Crippen LogP contribution < -0.4 is 23.9 Å². The topological polar surface area (TPSA) is 107 Å². The van der Waals surface area contributed by atoms with Gasteiger partial charge in [-0.15, -0.1) is 36.5 Å². The van der Waals surface area contributed by atoms with Crippen LogP contribution in [0.2, 0.25) is 0 Å². The fourth-order valence-electron chi connectivity index (χ4n) is 3.88. The summed E-state index contributed by atoms with van der Waals surface area (Å²) in [6.45, 7) is 0. The molecule has 4 heterocycles. The second kappa shape index (κ2) is 17.0. The number of hydrogen-bond donors (Lipinski definition) is 0. The molecule has 0 fully saturated rings. The third-order valence-electron chi connectivity index (χ3n) is 6.21. The number of aromatic nitrogens is 8. The maximum absolute atomic E-state index is 5.16. The number of pyridine rings is 1. The Morgan fingerprint density at radius 3 is 1.93 bits per heavy atom. The molecule has 0 bridgehead atoms. The SMILES string of the molecule is COc1c[c-]c(-n2[c-][n+](-c3ccc(OC)cc3)cc2)cc1.COc1c[c-]c(-n2[c-]ccc2)cc1.[Ir].c1ccc(-c2nnn[n-]2)nc1. The van der Waals surface area contributed by atoms with Crippen LogP contribution in [-0.2, 0) is 20.1 Å². The van der Waals surface area contributed by atoms with Crippen LogP contribution in [0.4, 0.5) is 0 Å². The minimum Gasteiger partial charge on any atom is -0.554 e. The number of hydrogen-bond acceptors (Lipinski definition) is 7. The largest absolute Gasteiger partial charge is 0.554 e. The van der Waals surface area contributed by atoms with E-state index in [-0.39, 0.29) is 20.1 Å². The molecule has 0 aliphatic heterocycles. The quantitative estimate of drug-likeness (QED) is 0.174. The maximum atomic E-state index is 5.16. The van der Waals surface area contributed by atoms with Crippen molar-refractivity contribution in [3.63, 3.8) is 0 Å². The molecule has 3 aromatic carbocycles. The number of methoxy groups -OCH3 is 3. The van der Waals surface area contributed by atoms with Gasteiger partial charge in [-0.05, 0) is 42.1 Å². The molecule has 235 valence electrons. The zero-order chi connectivity index (χ0) is 31.3. The second-order valence-electron chi connectivity index (χ2n) is 8.99. The van der Waals surface area contributed by atoms with Gasteiger partial charge in [0.05, 0.1) is 38.5 Å². The third kappa shape index (κ3) is 8.98. The Morgan fingerprint density at radius 2 is 1.41 bits per heavy atom. The van der Waals surface area contributed by atoms with Crippen LogP contribution in [-0.4, -0.2) is 51.0 Å². The van der Waals surface area contributed by atoms with Gasteiger partial charge in [0, 0.05) is 50.2 Å². The minimum absolute atomic E-state index is 0. The van der Waals surface area contributed by atoms with E-state index in [1.165, 1.54) is 0 Å². The molecule has 0 unspecified atom stereocenters. The smallest absolute Gasteiger partial charge is 0.267 e. The van der Waals surface area contributed by atoms with Crippen LogP contribution in [0.3, 0.4) is 0 Å². The Hall–Kier alpha value is -5.58. The van der Waals surface area contributed by atoms with E-state index in [1.54, 1.807) is 39.7 Å². The van der Waals surface area contributed by atoms with Crippen molar-refractivity contribution >= 4 is 0 Å². The van der Waals surface area contributed by atoms with Gasteiger partial charge >= 0.3 is 0 Å². The minimum atomic E-state index is 0. The van der Waals surface area contributed by atoms with E-state index >= 15 is 0 Å². The van der Waals surface area contributed by atoms with Crippen LogP contribution in [0.5, 0.6) is 17.2 Å². The van der Waals surface area contributed by atoms with E-state index < -0.39 is 0 Å². The molecule has 0 saturated heterocycles. The van der Waals surface area contributed by atoms with Gasteiger partial charge in [0.2, 0.25) is 0 Å². The van der Waals surface area contributed by atoms with Gasteiger partial charge in [-0.2, -0.15) is 35.2 Å². The van der Waals surface area contributed by atoms with Crippen LogP contribution in [0, 0.1) is 24.7 Å². The summed E-state index contributed by atoms with van der Waals surface area (Å²) in [6.07, 6.45) is 13.8. The molecule has 11 nitrogen and oxygen atoms in total. The molecular formula is C34H28IrN8O3-4. The molecule has 0 aliphatic carbocycles. The van der Waals surface area contributed by atoms with Crippen LogP contribution in [0.1, 0.15) is 0 Å². The van der Waals surface area contributed by atoms with E-state index in [1.807, 2.05) is 111 Å². The summed E-state index contributed by atoms with van der Waals surface area (Å²) < 4.78 is 21.0. The molecule has 0 saturated carbocycles. The zero-order valence-electron chi connectivity index (χ0n) is 25.1. The number of tetrazole rings is 1. The molecule has 0 amide bonds. The Labute approximate surface area is 280 Å². The summed E-state index contributed by atoms with van der Waals surface area (Å²) in [5.74, 6) is 2.90. The van der Waals surface area contributed by atoms with Crippen LogP contribution >= 0.6 is 0 Å². The van der Waals surface area contributed by atoms with E-state index in [0.29, 0.717) is 11.5 Å². The van der Waals surface area contributed by atoms with Crippen molar-refractivity contribution in [3.8, 4) is 45.8 Å². The van der Waals surface area contributed by atoms with Gasteiger partial charge in [0.1, 0.15) is 5.75 Å². The first kappa shape index (κ1) is 33.3. The van der Waals surface area contributed by atoms with Crippen molar-refractivity contribution in [1.82, 2.24) is 34.7 Å². The summed E-state index contributed by atoms with van der Waals surface area (Å²) in [7, 11) is 4.94. The number of nitrogens with zero attached hydrogens (tertiary/aromatic N) is 8. The van der Waals surface area contributed by atoms with Crippen LogP contribution in [0.15, 0.2) is 116 Å². The summed E-state index contributed by atoms with van der Waals surface area (Å²) in [6, 6.07) is 34.6. The Balaban J connectivity index is 0.000000165. The molecule has 0 spiro atoms. The van der Waals surface area contributed by atoms with Crippen molar-refractivity contribution < 1.29 is 38.9 Å². The van der Waals surface area contributed by atoms with E-state index in [9.17, 15) is 0 Å². The summed E-state index contributed by atoms with van der Waals surface area (Å²) in [5.41, 5.74) is 3.58. The molecule has 46 heavy (non-hydrogen) atoms. The fourth-order valence-corrected chi connectivity index (χ4v) is 3.88. The first-order chi connectivity index (χ1) is 22.2. The van der Waals surface area contributed by atoms with Crippen LogP contribution in [0.25, 0.3) is 28.6 Å². The Kier molecular flexibility index (Phi) is 12.3. The zero-order valence-corrected chi connectivity index (χ0v) is 27.5. The number of ether oxygens (including phenoxy) is 3. The third-order valence-corrected chi connectivity index (χ3v) is 6.21. The van der Waals surface area contributed by atoms with Gasteiger partial charge in [-0.3, -0.25) is 19.9 Å². The van der Waals surface area contributed by atoms with Crippen molar-refractivity contribution in [3.05, 3.63) is 140 Å². The predicted octanol–water partition coefficient (Wildman–Crippen LogP) is 4.35. The molecule has 0 atom stereocenters. The molecular weight excluding hydrogens is 761 g/mol. The standard InChI is InChI=1S/C17H15N2O2.C11H9NO.C6H4N5.Ir/c1-20-16-7-3-14(4-8-16)18-11-12-19(13-18)15-5-9-17(21-2)10-6-15;1-13-11-6-4-10(5-7-11)12-8-2-3-9-12;1-2-4-7-5(3-1)6-8-10-11-9-6;/h3-5,7-12H,1-2H3;2-4,6-8H,1H3;1-4H;/q-1;-2;-1;. The maximum Gasteiger partial charge on any atom is 0.267 e. The summed E-state index contributed by atoms with van der Waals surface area (Å²) in [5, 5.41) is 14.0. The molecule has 4 aromatic heterocycles. The molecule has 12 heteroatoms. The number of imidazole rings is 1. The van der Waals surface area contributed by atoms with E-state index in [2.05, 4.69) is 50.3 Å². The summed E-state index contributed by atoms with van der Waals surface area (Å²) >= 11 is 0. The van der Waals surface area contributed by atoms with Gasteiger partial charge in [0.15, 0.2) is 0 Å². The first-order valence-corrected chi connectivity index (χ1v) is 13.6. The summed E-state index contributed by atoms with van der Waals surface area (Å²) in [4.78, 5) is 4.02. The normalized spacial score (nSPS) is 9.89. The average molecular weight is 789 g/mol. The van der Waals surface area contributed by atoms with Crippen molar-refractivity contribution in [2.24, 2.45) is 0 Å². The second-order valence-corrected chi connectivity index (χ2v) is 8.99. The number of benzene rings is 3. The van der Waals surface area contributed by atoms with Gasteiger partial charge < -0.3 is 28.4 Å². The molecule has 1 radical (unpaired) electrons. The molecule has 7 aromatic rings. The first-order valence-electron chi connectivity index (χ1n) is 13.6. The Bertz CT molecular complexity index is 1760. The molecule has 7 rings (SSSR count). The average Bonchev–Trinajstić information content (AvgIpc) is 3.94. The van der Waals surface area contributed by atoms with Crippen molar-refractivity contribution in [1.29, 1.82) is 0 Å². The fraction of sp³-hybridized carbons (Fsp3) is 0.0882. The van der Waals surface area contributed by atoms with Crippen molar-refractivity contribution in [2.75, 3.05) is 21.3 Å². The molecule has 0 aliphatic rings. The predicted molar refractivity (Wildman–Crippen MR) is 164 cm³/mol. The molecule has 0 N–H and O–H groups in total. The Morgan fingerprint density at radius 1 is 0.739 bits per heavy atom. The van der Waals surface area contributed by atoms with Crippen molar-refractivity contribution in [2.45, 2.75) is 0 Å². The number of rotatable bonds is 7. The van der Waals surface area contributed by atoms with E-state index in [0.717, 1.165) is 34.3 Å². The van der Waals surface area contributed by atoms with Gasteiger partial charge in [-0.25, -0.2) is 6.07 Å². The van der Waals surface area contributed by atoms with Gasteiger partial charge in [0.25, 0.3) is 6.33 Å². The monoisotopic (exact) mass is 789 g/mol.